The van der Waals surface area contributed by atoms with Crippen LogP contribution >= 0.6 is 0 Å². The van der Waals surface area contributed by atoms with Crippen molar-refractivity contribution in [2.75, 3.05) is 13.1 Å². The number of rotatable bonds is 6. The molecule has 0 bridgehead atoms. The van der Waals surface area contributed by atoms with Gasteiger partial charge in [-0.15, -0.1) is 0 Å². The van der Waals surface area contributed by atoms with Gasteiger partial charge >= 0.3 is 23.9 Å². The van der Waals surface area contributed by atoms with Crippen molar-refractivity contribution < 1.29 is 39.6 Å². The first-order chi connectivity index (χ1) is 12.8. The quantitative estimate of drug-likeness (QED) is 0.255. The Morgan fingerprint density at radius 1 is 1.04 bits per heavy atom. The summed E-state index contributed by atoms with van der Waals surface area (Å²) in [5, 5.41) is 35.0. The van der Waals surface area contributed by atoms with Crippen LogP contribution in [0.5, 0.6) is 0 Å². The van der Waals surface area contributed by atoms with E-state index in [0.717, 1.165) is 25.8 Å². The van der Waals surface area contributed by atoms with E-state index in [1.807, 2.05) is 13.8 Å². The number of hydrogen-bond acceptors (Lipinski definition) is 8. The summed E-state index contributed by atoms with van der Waals surface area (Å²) in [5.74, 6) is -3.49. The van der Waals surface area contributed by atoms with E-state index in [1.165, 1.54) is 6.92 Å². The summed E-state index contributed by atoms with van der Waals surface area (Å²) in [7, 11) is 0. The van der Waals surface area contributed by atoms with Gasteiger partial charge in [0.25, 0.3) is 0 Å². The number of carboxylic acid groups (broad SMARTS) is 4. The van der Waals surface area contributed by atoms with Crippen molar-refractivity contribution in [3.8, 4) is 0 Å². The Morgan fingerprint density at radius 2 is 1.46 bits per heavy atom. The molecule has 28 heavy (non-hydrogen) atoms. The van der Waals surface area contributed by atoms with Crippen LogP contribution in [0.15, 0.2) is 0 Å². The molecule has 12 heteroatoms. The molecule has 0 aromatic rings. The molecule has 1 heterocycles. The van der Waals surface area contributed by atoms with Crippen LogP contribution in [0.1, 0.15) is 40.0 Å². The van der Waals surface area contributed by atoms with Crippen LogP contribution in [-0.4, -0.2) is 75.5 Å². The highest BCUT2D eigenvalue weighted by molar-refractivity contribution is 5.74. The molecule has 166 valence electrons. The van der Waals surface area contributed by atoms with Crippen molar-refractivity contribution in [2.45, 2.75) is 58.2 Å². The largest absolute Gasteiger partial charge is 0.480 e. The molecule has 1 rings (SSSR count). The Bertz CT molecular complexity index is 468. The van der Waals surface area contributed by atoms with Crippen molar-refractivity contribution >= 4 is 23.9 Å². The van der Waals surface area contributed by atoms with E-state index < -0.39 is 36.0 Å². The second-order valence-electron chi connectivity index (χ2n) is 5.96. The van der Waals surface area contributed by atoms with Gasteiger partial charge in [-0.3, -0.25) is 19.2 Å². The Kier molecular flexibility index (Phi) is 19.7. The number of nitrogens with one attached hydrogen (secondary N) is 1. The van der Waals surface area contributed by atoms with Crippen molar-refractivity contribution in [3.63, 3.8) is 0 Å². The molecule has 0 aromatic heterocycles. The second kappa shape index (κ2) is 18.1. The summed E-state index contributed by atoms with van der Waals surface area (Å²) in [6.45, 7) is 5.76. The standard InChI is InChI=1S/C6H13NO2.C5H9NO2.C3H7NO2.C2H5NO2/c1-3-4(2)5(7)6(8)9;7-5(8)4-2-1-3-6-4;1-2(4)3(5)6;3-1-2(4)5/h4-5H,3,7H2,1-2H3,(H,8,9);4,6H,1-3H2,(H,7,8);2H,4H2,1H3,(H,5,6);1,3H2,(H,4,5)/t;4-;;/m.0../s1. The SMILES string of the molecule is CC(N)C(=O)O.CCC(C)C(N)C(=O)O.NCC(=O)O.O=C(O)[C@@H]1CCCN1. The molecule has 0 spiro atoms. The molecule has 0 aromatic carbocycles. The Hall–Kier alpha value is -2.28. The monoisotopic (exact) mass is 410 g/mol. The number of carboxylic acids is 4. The van der Waals surface area contributed by atoms with E-state index >= 15 is 0 Å². The third-order valence-electron chi connectivity index (χ3n) is 3.46. The van der Waals surface area contributed by atoms with Crippen LogP contribution in [0.3, 0.4) is 0 Å². The highest BCUT2D eigenvalue weighted by Crippen LogP contribution is 2.04. The minimum absolute atomic E-state index is 0.0718. The molecule has 11 N–H and O–H groups in total. The average Bonchev–Trinajstić information content (AvgIpc) is 3.16. The van der Waals surface area contributed by atoms with Crippen molar-refractivity contribution in [2.24, 2.45) is 23.1 Å². The normalized spacial score (nSPS) is 17.7. The fraction of sp³-hybridized carbons (Fsp3) is 0.750. The fourth-order valence-electron chi connectivity index (χ4n) is 1.39. The van der Waals surface area contributed by atoms with E-state index in [2.05, 4.69) is 11.1 Å². The lowest BCUT2D eigenvalue weighted by molar-refractivity contribution is -0.140. The van der Waals surface area contributed by atoms with Gasteiger partial charge in [-0.2, -0.15) is 0 Å². The number of nitrogens with two attached hydrogens (primary N) is 3. The minimum Gasteiger partial charge on any atom is -0.480 e. The van der Waals surface area contributed by atoms with E-state index in [9.17, 15) is 19.2 Å². The summed E-state index contributed by atoms with van der Waals surface area (Å²) in [4.78, 5) is 39.1. The fourth-order valence-corrected chi connectivity index (χ4v) is 1.39. The van der Waals surface area contributed by atoms with Crippen LogP contribution in [-0.2, 0) is 19.2 Å². The molecule has 1 saturated heterocycles. The Morgan fingerprint density at radius 3 is 1.57 bits per heavy atom. The predicted octanol–water partition coefficient (Wildman–Crippen LogP) is -1.28. The van der Waals surface area contributed by atoms with E-state index in [0.29, 0.717) is 0 Å². The highest BCUT2D eigenvalue weighted by Gasteiger charge is 2.20. The van der Waals surface area contributed by atoms with Crippen molar-refractivity contribution in [1.82, 2.24) is 5.32 Å². The smallest absolute Gasteiger partial charge is 0.320 e. The summed E-state index contributed by atoms with van der Waals surface area (Å²) in [6, 6.07) is -1.70. The molecule has 0 amide bonds. The first-order valence-electron chi connectivity index (χ1n) is 8.66. The Balaban J connectivity index is -0.000000306. The second-order valence-corrected chi connectivity index (χ2v) is 5.96. The highest BCUT2D eigenvalue weighted by atomic mass is 16.4. The third kappa shape index (κ3) is 20.0. The molecular formula is C16H34N4O8. The van der Waals surface area contributed by atoms with Crippen LogP contribution in [0.2, 0.25) is 0 Å². The van der Waals surface area contributed by atoms with Gasteiger partial charge in [0, 0.05) is 0 Å². The summed E-state index contributed by atoms with van der Waals surface area (Å²) < 4.78 is 0. The maximum Gasteiger partial charge on any atom is 0.320 e. The molecular weight excluding hydrogens is 376 g/mol. The van der Waals surface area contributed by atoms with Crippen LogP contribution in [0.25, 0.3) is 0 Å². The molecule has 1 fully saturated rings. The van der Waals surface area contributed by atoms with Gasteiger partial charge in [-0.25, -0.2) is 0 Å². The van der Waals surface area contributed by atoms with Crippen molar-refractivity contribution in [1.29, 1.82) is 0 Å². The first kappa shape index (κ1) is 30.4. The zero-order valence-electron chi connectivity index (χ0n) is 16.5. The topological polar surface area (TPSA) is 239 Å². The van der Waals surface area contributed by atoms with Gasteiger partial charge in [-0.1, -0.05) is 20.3 Å². The van der Waals surface area contributed by atoms with E-state index in [4.69, 9.17) is 31.9 Å². The van der Waals surface area contributed by atoms with Crippen LogP contribution in [0.4, 0.5) is 0 Å². The molecule has 1 aliphatic heterocycles. The van der Waals surface area contributed by atoms with E-state index in [-0.39, 0.29) is 18.5 Å². The molecule has 4 atom stereocenters. The lowest BCUT2D eigenvalue weighted by Gasteiger charge is -2.11. The van der Waals surface area contributed by atoms with Gasteiger partial charge in [0.15, 0.2) is 0 Å². The predicted molar refractivity (Wildman–Crippen MR) is 102 cm³/mol. The van der Waals surface area contributed by atoms with Gasteiger partial charge in [0.05, 0.1) is 6.54 Å². The molecule has 3 unspecified atom stereocenters. The molecule has 0 radical (unpaired) electrons. The summed E-state index contributed by atoms with van der Waals surface area (Å²) in [6.07, 6.45) is 2.60. The lowest BCUT2D eigenvalue weighted by Crippen LogP contribution is -2.36. The van der Waals surface area contributed by atoms with Crippen LogP contribution in [0, 0.1) is 5.92 Å². The third-order valence-corrected chi connectivity index (χ3v) is 3.46. The maximum absolute atomic E-state index is 10.2. The summed E-state index contributed by atoms with van der Waals surface area (Å²) in [5.41, 5.74) is 14.7. The number of hydrogen-bond donors (Lipinski definition) is 8. The Labute approximate surface area is 164 Å². The van der Waals surface area contributed by atoms with Gasteiger partial charge in [0.2, 0.25) is 0 Å². The van der Waals surface area contributed by atoms with E-state index in [1.54, 1.807) is 0 Å². The average molecular weight is 410 g/mol. The lowest BCUT2D eigenvalue weighted by atomic mass is 10.0. The number of aliphatic carboxylic acids is 4. The van der Waals surface area contributed by atoms with Crippen LogP contribution < -0.4 is 22.5 Å². The number of carbonyl (C=O) groups is 4. The molecule has 12 nitrogen and oxygen atoms in total. The molecule has 0 aliphatic carbocycles. The van der Waals surface area contributed by atoms with Gasteiger partial charge < -0.3 is 42.9 Å². The van der Waals surface area contributed by atoms with Gasteiger partial charge in [-0.05, 0) is 32.2 Å². The summed E-state index contributed by atoms with van der Waals surface area (Å²) >= 11 is 0. The maximum atomic E-state index is 10.2. The van der Waals surface area contributed by atoms with Crippen molar-refractivity contribution in [3.05, 3.63) is 0 Å². The molecule has 0 saturated carbocycles. The minimum atomic E-state index is -0.968. The van der Waals surface area contributed by atoms with Gasteiger partial charge in [0.1, 0.15) is 18.1 Å². The first-order valence-corrected chi connectivity index (χ1v) is 8.66. The molecule has 1 aliphatic rings. The zero-order chi connectivity index (χ0) is 22.9. The zero-order valence-corrected chi connectivity index (χ0v) is 16.5.